The lowest BCUT2D eigenvalue weighted by Gasteiger charge is -2.29. The summed E-state index contributed by atoms with van der Waals surface area (Å²) in [4.78, 5) is 31.9. The number of nitrogens with one attached hydrogen (secondary N) is 1. The number of pyridine rings is 1. The lowest BCUT2D eigenvalue weighted by molar-refractivity contribution is -0.122. The number of rotatable bonds is 4. The minimum Gasteiger partial charge on any atom is -0.444 e. The zero-order valence-corrected chi connectivity index (χ0v) is 17.7. The van der Waals surface area contributed by atoms with E-state index in [-0.39, 0.29) is 5.91 Å². The van der Waals surface area contributed by atoms with Crippen LogP contribution in [-0.4, -0.2) is 29.1 Å². The van der Waals surface area contributed by atoms with Crippen molar-refractivity contribution in [2.75, 3.05) is 11.4 Å². The summed E-state index contributed by atoms with van der Waals surface area (Å²) in [5, 5.41) is 2.91. The van der Waals surface area contributed by atoms with Gasteiger partial charge in [-0.2, -0.15) is 0 Å². The molecule has 2 amide bonds. The molecule has 29 heavy (non-hydrogen) atoms. The van der Waals surface area contributed by atoms with Crippen LogP contribution >= 0.6 is 0 Å². The van der Waals surface area contributed by atoms with Gasteiger partial charge in [-0.3, -0.25) is 9.69 Å². The summed E-state index contributed by atoms with van der Waals surface area (Å²) in [7, 11) is 0. The quantitative estimate of drug-likeness (QED) is 0.843. The van der Waals surface area contributed by atoms with Crippen LogP contribution in [0.4, 0.5) is 10.6 Å². The fraction of sp³-hybridized carbons (Fsp3) is 0.435. The average molecular weight is 396 g/mol. The Kier molecular flexibility index (Phi) is 5.91. The van der Waals surface area contributed by atoms with Crippen LogP contribution in [0.15, 0.2) is 42.6 Å². The molecule has 0 spiro atoms. The van der Waals surface area contributed by atoms with Crippen molar-refractivity contribution in [2.24, 2.45) is 5.92 Å². The molecule has 0 bridgehead atoms. The van der Waals surface area contributed by atoms with E-state index in [4.69, 9.17) is 4.74 Å². The van der Waals surface area contributed by atoms with Gasteiger partial charge in [0, 0.05) is 12.7 Å². The van der Waals surface area contributed by atoms with Crippen molar-refractivity contribution in [1.29, 1.82) is 0 Å². The molecule has 0 saturated heterocycles. The number of ether oxygens (including phenoxy) is 1. The maximum atomic E-state index is 13.4. The van der Waals surface area contributed by atoms with Crippen LogP contribution < -0.4 is 10.2 Å². The Balaban J connectivity index is 1.85. The Morgan fingerprint density at radius 2 is 1.86 bits per heavy atom. The Bertz CT molecular complexity index is 887. The van der Waals surface area contributed by atoms with E-state index in [2.05, 4.69) is 10.3 Å². The number of fused-ring (bicyclic) bond motifs is 1. The van der Waals surface area contributed by atoms with E-state index in [1.807, 2.05) is 71.0 Å². The molecule has 1 aliphatic heterocycles. The summed E-state index contributed by atoms with van der Waals surface area (Å²) >= 11 is 0. The molecule has 2 aromatic rings. The molecule has 0 radical (unpaired) electrons. The van der Waals surface area contributed by atoms with Crippen molar-refractivity contribution < 1.29 is 14.3 Å². The molecule has 1 aliphatic rings. The standard InChI is InChI=1S/C23H29N3O3/c1-15-8-10-17(11-9-15)19(25-22(28)29-23(3,4)5)16(2)21(27)26-14-12-18-7-6-13-24-20(18)26/h6-11,13,16,19H,12,14H2,1-5H3,(H,25,28)/t16-,19+/m1/s1. The average Bonchev–Trinajstić information content (AvgIpc) is 3.08. The highest BCUT2D eigenvalue weighted by Crippen LogP contribution is 2.30. The minimum atomic E-state index is -0.618. The highest BCUT2D eigenvalue weighted by molar-refractivity contribution is 5.96. The zero-order chi connectivity index (χ0) is 21.2. The lowest BCUT2D eigenvalue weighted by atomic mass is 9.92. The van der Waals surface area contributed by atoms with Gasteiger partial charge in [0.1, 0.15) is 11.4 Å². The van der Waals surface area contributed by atoms with Crippen LogP contribution in [0.2, 0.25) is 0 Å². The van der Waals surface area contributed by atoms with Gasteiger partial charge in [0.2, 0.25) is 5.91 Å². The van der Waals surface area contributed by atoms with E-state index in [0.29, 0.717) is 12.4 Å². The van der Waals surface area contributed by atoms with Crippen LogP contribution in [0.1, 0.15) is 50.4 Å². The van der Waals surface area contributed by atoms with E-state index in [9.17, 15) is 9.59 Å². The summed E-state index contributed by atoms with van der Waals surface area (Å²) in [6, 6.07) is 11.2. The molecule has 0 unspecified atom stereocenters. The monoisotopic (exact) mass is 395 g/mol. The normalized spacial score (nSPS) is 15.4. The lowest BCUT2D eigenvalue weighted by Crippen LogP contribution is -2.43. The first kappa shape index (κ1) is 20.8. The fourth-order valence-electron chi connectivity index (χ4n) is 3.51. The van der Waals surface area contributed by atoms with Crippen molar-refractivity contribution in [1.82, 2.24) is 10.3 Å². The fourth-order valence-corrected chi connectivity index (χ4v) is 3.51. The van der Waals surface area contributed by atoms with Gasteiger partial charge in [0.05, 0.1) is 12.0 Å². The largest absolute Gasteiger partial charge is 0.444 e. The van der Waals surface area contributed by atoms with E-state index >= 15 is 0 Å². The molecule has 3 rings (SSSR count). The molecular formula is C23H29N3O3. The third kappa shape index (κ3) is 4.94. The SMILES string of the molecule is Cc1ccc([C@@H](NC(=O)OC(C)(C)C)[C@@H](C)C(=O)N2CCc3cccnc32)cc1. The van der Waals surface area contributed by atoms with Crippen LogP contribution in [0.25, 0.3) is 0 Å². The highest BCUT2D eigenvalue weighted by Gasteiger charge is 2.35. The van der Waals surface area contributed by atoms with Crippen LogP contribution in [0.5, 0.6) is 0 Å². The maximum absolute atomic E-state index is 13.4. The predicted molar refractivity (Wildman–Crippen MR) is 113 cm³/mol. The van der Waals surface area contributed by atoms with Gasteiger partial charge in [-0.25, -0.2) is 9.78 Å². The van der Waals surface area contributed by atoms with Gasteiger partial charge in [-0.05, 0) is 51.3 Å². The van der Waals surface area contributed by atoms with Gasteiger partial charge in [0.15, 0.2) is 0 Å². The number of carbonyl (C=O) groups excluding carboxylic acids is 2. The molecule has 2 heterocycles. The summed E-state index contributed by atoms with van der Waals surface area (Å²) in [6.07, 6.45) is 1.95. The summed E-state index contributed by atoms with van der Waals surface area (Å²) in [5.41, 5.74) is 2.43. The Hall–Kier alpha value is -2.89. The predicted octanol–water partition coefficient (Wildman–Crippen LogP) is 4.18. The first-order chi connectivity index (χ1) is 13.7. The third-order valence-corrected chi connectivity index (χ3v) is 4.99. The number of hydrogen-bond acceptors (Lipinski definition) is 4. The Labute approximate surface area is 172 Å². The van der Waals surface area contributed by atoms with Crippen LogP contribution in [0.3, 0.4) is 0 Å². The molecule has 2 atom stereocenters. The van der Waals surface area contributed by atoms with Crippen LogP contribution in [0, 0.1) is 12.8 Å². The molecule has 0 fully saturated rings. The summed E-state index contributed by atoms with van der Waals surface area (Å²) in [5.74, 6) is 0.159. The molecular weight excluding hydrogens is 366 g/mol. The smallest absolute Gasteiger partial charge is 0.408 e. The first-order valence-corrected chi connectivity index (χ1v) is 9.97. The number of benzene rings is 1. The molecule has 0 aliphatic carbocycles. The number of aromatic nitrogens is 1. The second kappa shape index (κ2) is 8.23. The third-order valence-electron chi connectivity index (χ3n) is 4.99. The summed E-state index contributed by atoms with van der Waals surface area (Å²) < 4.78 is 5.44. The van der Waals surface area contributed by atoms with Crippen molar-refractivity contribution in [3.63, 3.8) is 0 Å². The number of hydrogen-bond donors (Lipinski definition) is 1. The van der Waals surface area contributed by atoms with E-state index in [0.717, 1.165) is 23.1 Å². The van der Waals surface area contributed by atoms with Crippen molar-refractivity contribution in [3.05, 3.63) is 59.3 Å². The Morgan fingerprint density at radius 3 is 2.52 bits per heavy atom. The number of alkyl carbamates (subject to hydrolysis) is 1. The first-order valence-electron chi connectivity index (χ1n) is 9.97. The number of aryl methyl sites for hydroxylation is 1. The second-order valence-electron chi connectivity index (χ2n) is 8.55. The van der Waals surface area contributed by atoms with Gasteiger partial charge in [-0.15, -0.1) is 0 Å². The van der Waals surface area contributed by atoms with E-state index < -0.39 is 23.7 Å². The summed E-state index contributed by atoms with van der Waals surface area (Å²) in [6.45, 7) is 9.88. The van der Waals surface area contributed by atoms with Gasteiger partial charge in [-0.1, -0.05) is 42.8 Å². The van der Waals surface area contributed by atoms with Crippen molar-refractivity contribution >= 4 is 17.8 Å². The molecule has 6 heteroatoms. The van der Waals surface area contributed by atoms with Crippen molar-refractivity contribution in [3.8, 4) is 0 Å². The molecule has 1 aromatic heterocycles. The topological polar surface area (TPSA) is 71.5 Å². The van der Waals surface area contributed by atoms with Gasteiger partial charge < -0.3 is 10.1 Å². The van der Waals surface area contributed by atoms with Crippen LogP contribution in [-0.2, 0) is 16.0 Å². The second-order valence-corrected chi connectivity index (χ2v) is 8.55. The number of nitrogens with zero attached hydrogens (tertiary/aromatic N) is 2. The Morgan fingerprint density at radius 1 is 1.17 bits per heavy atom. The van der Waals surface area contributed by atoms with Crippen molar-refractivity contribution in [2.45, 2.75) is 52.7 Å². The van der Waals surface area contributed by atoms with Gasteiger partial charge >= 0.3 is 6.09 Å². The minimum absolute atomic E-state index is 0.0657. The molecule has 1 aromatic carbocycles. The van der Waals surface area contributed by atoms with Gasteiger partial charge in [0.25, 0.3) is 0 Å². The zero-order valence-electron chi connectivity index (χ0n) is 17.7. The number of anilines is 1. The van der Waals surface area contributed by atoms with E-state index in [1.165, 1.54) is 0 Å². The molecule has 6 nitrogen and oxygen atoms in total. The number of amides is 2. The molecule has 1 N–H and O–H groups in total. The number of carbonyl (C=O) groups is 2. The molecule has 154 valence electrons. The molecule has 0 saturated carbocycles. The van der Waals surface area contributed by atoms with E-state index in [1.54, 1.807) is 11.1 Å². The maximum Gasteiger partial charge on any atom is 0.408 e. The highest BCUT2D eigenvalue weighted by atomic mass is 16.6.